The van der Waals surface area contributed by atoms with E-state index < -0.39 is 0 Å². The maximum absolute atomic E-state index is 9.21. The Morgan fingerprint density at radius 1 is 1.03 bits per heavy atom. The van der Waals surface area contributed by atoms with Crippen LogP contribution in [0.3, 0.4) is 0 Å². The maximum Gasteiger partial charge on any atom is 0.0992 e. The van der Waals surface area contributed by atoms with Crippen molar-refractivity contribution in [3.8, 4) is 6.07 Å². The minimum atomic E-state index is 0.148. The van der Waals surface area contributed by atoms with Crippen LogP contribution in [0.4, 0.5) is 5.69 Å². The molecule has 4 rings (SSSR count). The Balaban J connectivity index is 1.58. The predicted octanol–water partition coefficient (Wildman–Crippen LogP) is 7.14. The molecule has 0 aromatic heterocycles. The fourth-order valence-corrected chi connectivity index (χ4v) is 5.13. The monoisotopic (exact) mass is 575 g/mol. The number of hydrogen-bond acceptors (Lipinski definition) is 3. The van der Waals surface area contributed by atoms with Crippen molar-refractivity contribution in [2.75, 3.05) is 31.1 Å². The molecule has 6 heteroatoms. The van der Waals surface area contributed by atoms with Gasteiger partial charge in [-0.05, 0) is 82.1 Å². The Labute approximate surface area is 213 Å². The van der Waals surface area contributed by atoms with Crippen molar-refractivity contribution in [2.24, 2.45) is 0 Å². The number of halogens is 3. The molecule has 164 valence electrons. The predicted molar refractivity (Wildman–Crippen MR) is 142 cm³/mol. The molecule has 0 amide bonds. The molecule has 3 nitrogen and oxygen atoms in total. The van der Waals surface area contributed by atoms with E-state index in [1.165, 1.54) is 14.7 Å². The van der Waals surface area contributed by atoms with Crippen LogP contribution in [0.1, 0.15) is 35.6 Å². The molecule has 2 atom stereocenters. The number of benzene rings is 3. The van der Waals surface area contributed by atoms with Crippen LogP contribution in [0.5, 0.6) is 0 Å². The summed E-state index contributed by atoms with van der Waals surface area (Å²) in [5, 5.41) is 10.6. The molecular formula is C26H24Cl2IN3. The van der Waals surface area contributed by atoms with Gasteiger partial charge >= 0.3 is 0 Å². The van der Waals surface area contributed by atoms with Crippen molar-refractivity contribution in [3.05, 3.63) is 97.0 Å². The number of nitriles is 1. The minimum absolute atomic E-state index is 0.148. The molecular weight excluding hydrogens is 552 g/mol. The van der Waals surface area contributed by atoms with E-state index in [0.29, 0.717) is 16.5 Å². The number of rotatable bonds is 5. The highest BCUT2D eigenvalue weighted by molar-refractivity contribution is 14.1. The highest BCUT2D eigenvalue weighted by Crippen LogP contribution is 2.36. The third kappa shape index (κ3) is 5.40. The summed E-state index contributed by atoms with van der Waals surface area (Å²) in [5.74, 6) is 0.447. The third-order valence-electron chi connectivity index (χ3n) is 6.08. The van der Waals surface area contributed by atoms with Gasteiger partial charge < -0.3 is 4.90 Å². The van der Waals surface area contributed by atoms with Crippen LogP contribution in [0.25, 0.3) is 0 Å². The Bertz CT molecular complexity index is 1110. The van der Waals surface area contributed by atoms with Gasteiger partial charge in [0, 0.05) is 34.8 Å². The number of piperazine rings is 1. The van der Waals surface area contributed by atoms with Gasteiger partial charge in [0.15, 0.2) is 0 Å². The molecule has 32 heavy (non-hydrogen) atoms. The first kappa shape index (κ1) is 23.4. The second-order valence-electron chi connectivity index (χ2n) is 8.25. The summed E-state index contributed by atoms with van der Waals surface area (Å²) in [6.07, 6.45) is 0. The lowest BCUT2D eigenvalue weighted by Crippen LogP contribution is -2.49. The van der Waals surface area contributed by atoms with Gasteiger partial charge in [0.1, 0.15) is 0 Å². The average molecular weight is 576 g/mol. The van der Waals surface area contributed by atoms with Gasteiger partial charge in [-0.3, -0.25) is 4.90 Å². The van der Waals surface area contributed by atoms with Crippen molar-refractivity contribution >= 4 is 51.5 Å². The van der Waals surface area contributed by atoms with Crippen LogP contribution in [0.2, 0.25) is 10.0 Å². The average Bonchev–Trinajstić information content (AvgIpc) is 2.80. The number of anilines is 1. The first-order valence-corrected chi connectivity index (χ1v) is 12.5. The quantitative estimate of drug-likeness (QED) is 0.303. The summed E-state index contributed by atoms with van der Waals surface area (Å²) in [6.45, 7) is 6.00. The molecule has 1 fully saturated rings. The zero-order chi connectivity index (χ0) is 22.7. The molecule has 1 aliphatic heterocycles. The van der Waals surface area contributed by atoms with Crippen LogP contribution >= 0.6 is 45.8 Å². The van der Waals surface area contributed by atoms with Gasteiger partial charge in [-0.2, -0.15) is 5.26 Å². The number of nitrogens with zero attached hydrogens (tertiary/aromatic N) is 3. The topological polar surface area (TPSA) is 30.3 Å². The van der Waals surface area contributed by atoms with Gasteiger partial charge in [-0.25, -0.2) is 0 Å². The highest BCUT2D eigenvalue weighted by atomic mass is 127. The molecule has 3 aromatic carbocycles. The largest absolute Gasteiger partial charge is 0.361 e. The van der Waals surface area contributed by atoms with Crippen molar-refractivity contribution in [1.82, 2.24) is 4.90 Å². The summed E-state index contributed by atoms with van der Waals surface area (Å²) >= 11 is 15.1. The van der Waals surface area contributed by atoms with E-state index in [1.807, 2.05) is 24.3 Å². The first-order valence-electron chi connectivity index (χ1n) is 10.6. The molecule has 0 bridgehead atoms. The van der Waals surface area contributed by atoms with E-state index in [9.17, 15) is 5.26 Å². The van der Waals surface area contributed by atoms with E-state index in [2.05, 4.69) is 81.8 Å². The van der Waals surface area contributed by atoms with Gasteiger partial charge in [0.25, 0.3) is 0 Å². The number of hydrogen-bond donors (Lipinski definition) is 0. The van der Waals surface area contributed by atoms with Crippen molar-refractivity contribution in [1.29, 1.82) is 5.26 Å². The van der Waals surface area contributed by atoms with Crippen LogP contribution in [0, 0.1) is 14.9 Å². The van der Waals surface area contributed by atoms with Crippen molar-refractivity contribution in [3.63, 3.8) is 0 Å². The zero-order valence-electron chi connectivity index (χ0n) is 17.8. The van der Waals surface area contributed by atoms with Crippen LogP contribution < -0.4 is 4.90 Å². The third-order valence-corrected chi connectivity index (χ3v) is 7.35. The zero-order valence-corrected chi connectivity index (χ0v) is 21.5. The molecule has 1 saturated heterocycles. The van der Waals surface area contributed by atoms with Crippen LogP contribution in [0.15, 0.2) is 66.7 Å². The molecule has 0 radical (unpaired) electrons. The molecule has 0 saturated carbocycles. The SMILES string of the molecule is C[C@@H](CN1CCN(c2ccc(C#N)cc2Cl)[C@H](c2ccc(Cl)cc2)C1)c1ccc(I)cc1. The first-order chi connectivity index (χ1) is 15.4. The standard InChI is InChI=1S/C26H24Cl2IN3/c1-18(20-5-9-23(29)10-6-20)16-31-12-13-32(25-11-2-19(15-30)14-24(25)28)26(17-31)21-3-7-22(27)8-4-21/h2-11,14,18,26H,12-13,16-17H2,1H3/t18-,26-/m0/s1. The van der Waals surface area contributed by atoms with Gasteiger partial charge in [0.2, 0.25) is 0 Å². The van der Waals surface area contributed by atoms with E-state index in [-0.39, 0.29) is 6.04 Å². The van der Waals surface area contributed by atoms with E-state index in [0.717, 1.165) is 36.9 Å². The second-order valence-corrected chi connectivity index (χ2v) is 10.3. The molecule has 0 unspecified atom stereocenters. The van der Waals surface area contributed by atoms with E-state index >= 15 is 0 Å². The molecule has 1 aliphatic rings. The summed E-state index contributed by atoms with van der Waals surface area (Å²) in [7, 11) is 0. The lowest BCUT2D eigenvalue weighted by molar-refractivity contribution is 0.214. The minimum Gasteiger partial charge on any atom is -0.361 e. The smallest absolute Gasteiger partial charge is 0.0992 e. The van der Waals surface area contributed by atoms with Crippen molar-refractivity contribution in [2.45, 2.75) is 18.9 Å². The Morgan fingerprint density at radius 3 is 2.41 bits per heavy atom. The fraction of sp³-hybridized carbons (Fsp3) is 0.269. The molecule has 0 spiro atoms. The van der Waals surface area contributed by atoms with E-state index in [4.69, 9.17) is 23.2 Å². The lowest BCUT2D eigenvalue weighted by Gasteiger charge is -2.44. The van der Waals surface area contributed by atoms with Crippen molar-refractivity contribution < 1.29 is 0 Å². The van der Waals surface area contributed by atoms with Crippen LogP contribution in [-0.4, -0.2) is 31.1 Å². The highest BCUT2D eigenvalue weighted by Gasteiger charge is 2.30. The normalized spacial score (nSPS) is 17.7. The summed E-state index contributed by atoms with van der Waals surface area (Å²) in [4.78, 5) is 4.90. The second kappa shape index (κ2) is 10.4. The lowest BCUT2D eigenvalue weighted by atomic mass is 9.97. The van der Waals surface area contributed by atoms with Gasteiger partial charge in [-0.15, -0.1) is 0 Å². The van der Waals surface area contributed by atoms with Gasteiger partial charge in [0.05, 0.1) is 28.4 Å². The Hall–Kier alpha value is -1.78. The molecule has 1 heterocycles. The maximum atomic E-state index is 9.21. The fourth-order valence-electron chi connectivity index (χ4n) is 4.36. The molecule has 0 N–H and O–H groups in total. The van der Waals surface area contributed by atoms with Gasteiger partial charge in [-0.1, -0.05) is 54.4 Å². The van der Waals surface area contributed by atoms with E-state index in [1.54, 1.807) is 6.07 Å². The Kier molecular flexibility index (Phi) is 7.63. The molecule has 3 aromatic rings. The Morgan fingerprint density at radius 2 is 1.75 bits per heavy atom. The summed E-state index contributed by atoms with van der Waals surface area (Å²) < 4.78 is 1.26. The summed E-state index contributed by atoms with van der Waals surface area (Å²) in [5.41, 5.74) is 4.12. The summed E-state index contributed by atoms with van der Waals surface area (Å²) in [6, 6.07) is 24.8. The molecule has 0 aliphatic carbocycles. The van der Waals surface area contributed by atoms with Crippen LogP contribution in [-0.2, 0) is 0 Å².